The summed E-state index contributed by atoms with van der Waals surface area (Å²) < 4.78 is 37.3. The third-order valence-electron chi connectivity index (χ3n) is 1.52. The van der Waals surface area contributed by atoms with Gasteiger partial charge in [-0.2, -0.15) is 13.2 Å². The zero-order valence-corrected chi connectivity index (χ0v) is 10.2. The lowest BCUT2D eigenvalue weighted by molar-refractivity contribution is -0.891. The van der Waals surface area contributed by atoms with E-state index in [1.54, 1.807) is 13.1 Å². The summed E-state index contributed by atoms with van der Waals surface area (Å²) in [7, 11) is 0. The van der Waals surface area contributed by atoms with E-state index in [9.17, 15) is 13.2 Å². The summed E-state index contributed by atoms with van der Waals surface area (Å²) in [4.78, 5) is 5.01. The van der Waals surface area contributed by atoms with E-state index in [-0.39, 0.29) is 29.5 Å². The average Bonchev–Trinajstić information content (AvgIpc) is 2.02. The molecule has 86 valence electrons. The summed E-state index contributed by atoms with van der Waals surface area (Å²) in [6.45, 7) is 2.18. The number of rotatable bonds is 3. The molecular formula is C9H11F3INO. The molecule has 0 aliphatic rings. The highest BCUT2D eigenvalue weighted by molar-refractivity contribution is 5.06. The molecule has 1 rings (SSSR count). The Morgan fingerprint density at radius 1 is 1.40 bits per heavy atom. The van der Waals surface area contributed by atoms with Crippen molar-refractivity contribution in [2.24, 2.45) is 0 Å². The number of alkyl halides is 3. The molecule has 1 heterocycles. The molecule has 1 aromatic heterocycles. The van der Waals surface area contributed by atoms with Crippen LogP contribution in [-0.2, 0) is 6.42 Å². The normalized spacial score (nSPS) is 10.7. The van der Waals surface area contributed by atoms with Crippen molar-refractivity contribution in [2.75, 3.05) is 6.61 Å². The van der Waals surface area contributed by atoms with E-state index >= 15 is 0 Å². The summed E-state index contributed by atoms with van der Waals surface area (Å²) in [6, 6.07) is 2.94. The predicted molar refractivity (Wildman–Crippen MR) is 43.5 cm³/mol. The number of hydrogen-bond acceptors (Lipinski definition) is 1. The summed E-state index contributed by atoms with van der Waals surface area (Å²) in [6.07, 6.45) is -2.22. The molecule has 0 aliphatic heterocycles. The molecule has 0 N–H and O–H groups in total. The smallest absolute Gasteiger partial charge is 0.393 e. The molecule has 0 unspecified atom stereocenters. The Kier molecular flexibility index (Phi) is 5.92. The van der Waals surface area contributed by atoms with Crippen LogP contribution in [0.3, 0.4) is 0 Å². The fourth-order valence-corrected chi connectivity index (χ4v) is 1.07. The fourth-order valence-electron chi connectivity index (χ4n) is 1.07. The Morgan fingerprint density at radius 2 is 2.07 bits per heavy atom. The highest BCUT2D eigenvalue weighted by atomic mass is 127. The van der Waals surface area contributed by atoms with Crippen molar-refractivity contribution in [3.05, 3.63) is 30.1 Å². The third-order valence-corrected chi connectivity index (χ3v) is 1.52. The summed E-state index contributed by atoms with van der Waals surface area (Å²) >= 11 is 0. The van der Waals surface area contributed by atoms with E-state index in [1.165, 1.54) is 23.1 Å². The van der Waals surface area contributed by atoms with Crippen LogP contribution in [-0.4, -0.2) is 12.8 Å². The summed E-state index contributed by atoms with van der Waals surface area (Å²) in [5.41, 5.74) is 0.188. The van der Waals surface area contributed by atoms with E-state index in [0.29, 0.717) is 6.61 Å². The van der Waals surface area contributed by atoms with Crippen molar-refractivity contribution in [3.63, 3.8) is 0 Å². The van der Waals surface area contributed by atoms with Gasteiger partial charge in [-0.05, 0) is 13.0 Å². The lowest BCUT2D eigenvalue weighted by Crippen LogP contribution is -3.00. The van der Waals surface area contributed by atoms with Gasteiger partial charge in [0.2, 0.25) is 12.4 Å². The van der Waals surface area contributed by atoms with Crippen LogP contribution in [0, 0.1) is 0 Å². The SMILES string of the molecule is CCO[n+]1cccc(CC(F)(F)F)c1.[I-]. The molecule has 1 aromatic rings. The molecular weight excluding hydrogens is 322 g/mol. The molecule has 0 radical (unpaired) electrons. The zero-order valence-electron chi connectivity index (χ0n) is 8.09. The summed E-state index contributed by atoms with van der Waals surface area (Å²) in [5, 5.41) is 0. The zero-order chi connectivity index (χ0) is 10.6. The maximum atomic E-state index is 12.0. The fraction of sp³-hybridized carbons (Fsp3) is 0.444. The number of pyridine rings is 1. The van der Waals surface area contributed by atoms with Crippen LogP contribution in [0.2, 0.25) is 0 Å². The van der Waals surface area contributed by atoms with E-state index < -0.39 is 12.6 Å². The maximum Gasteiger partial charge on any atom is 0.393 e. The second-order valence-electron chi connectivity index (χ2n) is 2.78. The third kappa shape index (κ3) is 5.81. The Balaban J connectivity index is 0.00000196. The molecule has 0 bridgehead atoms. The van der Waals surface area contributed by atoms with Gasteiger partial charge in [-0.15, -0.1) is 0 Å². The van der Waals surface area contributed by atoms with Crippen LogP contribution in [0.15, 0.2) is 24.5 Å². The Morgan fingerprint density at radius 3 is 2.60 bits per heavy atom. The van der Waals surface area contributed by atoms with Gasteiger partial charge in [0.25, 0.3) is 0 Å². The van der Waals surface area contributed by atoms with Crippen LogP contribution in [0.4, 0.5) is 13.2 Å². The van der Waals surface area contributed by atoms with E-state index in [2.05, 4.69) is 0 Å². The summed E-state index contributed by atoms with van der Waals surface area (Å²) in [5.74, 6) is 0. The first-order valence-electron chi connectivity index (χ1n) is 4.21. The van der Waals surface area contributed by atoms with Gasteiger partial charge in [-0.1, -0.05) is 0 Å². The Bertz CT molecular complexity index is 304. The Hall–Kier alpha value is -0.530. The van der Waals surface area contributed by atoms with E-state index in [4.69, 9.17) is 4.84 Å². The van der Waals surface area contributed by atoms with Crippen LogP contribution in [0.25, 0.3) is 0 Å². The maximum absolute atomic E-state index is 12.0. The van der Waals surface area contributed by atoms with Gasteiger partial charge >= 0.3 is 6.18 Å². The number of nitrogens with zero attached hydrogens (tertiary/aromatic N) is 1. The second kappa shape index (κ2) is 6.14. The van der Waals surface area contributed by atoms with Crippen molar-refractivity contribution >= 4 is 0 Å². The van der Waals surface area contributed by atoms with Crippen molar-refractivity contribution in [3.8, 4) is 0 Å². The highest BCUT2D eigenvalue weighted by Gasteiger charge is 2.28. The van der Waals surface area contributed by atoms with Gasteiger partial charge in [-0.25, -0.2) is 0 Å². The molecule has 15 heavy (non-hydrogen) atoms. The Labute approximate surface area is 103 Å². The second-order valence-corrected chi connectivity index (χ2v) is 2.78. The first-order chi connectivity index (χ1) is 6.51. The van der Waals surface area contributed by atoms with Crippen molar-refractivity contribution in [1.82, 2.24) is 0 Å². The monoisotopic (exact) mass is 333 g/mol. The van der Waals surface area contributed by atoms with E-state index in [1.807, 2.05) is 0 Å². The molecule has 0 fully saturated rings. The largest absolute Gasteiger partial charge is 1.00 e. The first-order valence-corrected chi connectivity index (χ1v) is 4.21. The van der Waals surface area contributed by atoms with Crippen LogP contribution >= 0.6 is 0 Å². The van der Waals surface area contributed by atoms with Crippen molar-refractivity contribution < 1.29 is 46.7 Å². The minimum Gasteiger partial charge on any atom is -1.00 e. The lowest BCUT2D eigenvalue weighted by atomic mass is 10.2. The van der Waals surface area contributed by atoms with E-state index in [0.717, 1.165) is 0 Å². The quantitative estimate of drug-likeness (QED) is 0.487. The molecule has 0 amide bonds. The minimum absolute atomic E-state index is 0. The minimum atomic E-state index is -4.18. The molecule has 0 spiro atoms. The molecule has 2 nitrogen and oxygen atoms in total. The van der Waals surface area contributed by atoms with Gasteiger partial charge in [-0.3, -0.25) is 4.84 Å². The molecule has 6 heteroatoms. The van der Waals surface area contributed by atoms with Gasteiger partial charge < -0.3 is 24.0 Å². The van der Waals surface area contributed by atoms with Crippen molar-refractivity contribution in [1.29, 1.82) is 0 Å². The van der Waals surface area contributed by atoms with Gasteiger partial charge in [0.15, 0.2) is 6.61 Å². The molecule has 0 saturated heterocycles. The molecule has 0 atom stereocenters. The number of hydrogen-bond donors (Lipinski definition) is 0. The average molecular weight is 333 g/mol. The molecule has 0 saturated carbocycles. The van der Waals surface area contributed by atoms with Gasteiger partial charge in [0.05, 0.1) is 6.42 Å². The van der Waals surface area contributed by atoms with Crippen molar-refractivity contribution in [2.45, 2.75) is 19.5 Å². The molecule has 0 aliphatic carbocycles. The topological polar surface area (TPSA) is 13.1 Å². The number of aromatic nitrogens is 1. The predicted octanol–water partition coefficient (Wildman–Crippen LogP) is -1.47. The lowest BCUT2D eigenvalue weighted by Gasteiger charge is -2.04. The van der Waals surface area contributed by atoms with Crippen LogP contribution < -0.4 is 33.5 Å². The van der Waals surface area contributed by atoms with Crippen LogP contribution in [0.1, 0.15) is 12.5 Å². The molecule has 0 aromatic carbocycles. The van der Waals surface area contributed by atoms with Crippen LogP contribution in [0.5, 0.6) is 0 Å². The first kappa shape index (κ1) is 14.5. The number of halogens is 4. The highest BCUT2D eigenvalue weighted by Crippen LogP contribution is 2.19. The van der Waals surface area contributed by atoms with Gasteiger partial charge in [0.1, 0.15) is 0 Å². The van der Waals surface area contributed by atoms with Gasteiger partial charge in [0, 0.05) is 16.4 Å². The standard InChI is InChI=1S/C9H11F3NO.HI/c1-2-14-13-5-3-4-8(7-13)6-9(10,11)12;/h3-5,7H,2,6H2,1H3;1H/q+1;/p-1.